The van der Waals surface area contributed by atoms with Crippen LogP contribution < -0.4 is 0 Å². The molecule has 0 atom stereocenters. The number of halogens is 3. The van der Waals surface area contributed by atoms with E-state index in [1.165, 1.54) is 6.20 Å². The molecule has 21 heavy (non-hydrogen) atoms. The molecular weight excluding hydrogens is 305 g/mol. The fraction of sp³-hybridized carbons (Fsp3) is 0.385. The van der Waals surface area contributed by atoms with Crippen LogP contribution in [0.1, 0.15) is 25.7 Å². The molecule has 0 bridgehead atoms. The van der Waals surface area contributed by atoms with Gasteiger partial charge in [-0.05, 0) is 30.9 Å². The number of hydrogen-bond donors (Lipinski definition) is 1. The maximum Gasteiger partial charge on any atom is 0.408 e. The standard InChI is InChI=1S/C13H11F3N2O2S/c1-6-9-8(11(21-6)12(19)20)3-2-7-4-17-18(10(7)9)5-13(14,15)16/h4H,2-3,5H2,1H3,(H,19,20). The average Bonchev–Trinajstić information content (AvgIpc) is 2.89. The molecule has 0 aromatic carbocycles. The average molecular weight is 316 g/mol. The van der Waals surface area contributed by atoms with Crippen molar-refractivity contribution in [2.75, 3.05) is 0 Å². The Labute approximate surface area is 121 Å². The van der Waals surface area contributed by atoms with Crippen LogP contribution >= 0.6 is 11.3 Å². The molecule has 0 radical (unpaired) electrons. The van der Waals surface area contributed by atoms with Gasteiger partial charge in [-0.25, -0.2) is 4.79 Å². The van der Waals surface area contributed by atoms with Crippen molar-refractivity contribution in [2.45, 2.75) is 32.5 Å². The van der Waals surface area contributed by atoms with Gasteiger partial charge in [0.1, 0.15) is 11.4 Å². The van der Waals surface area contributed by atoms with E-state index < -0.39 is 18.7 Å². The molecular formula is C13H11F3N2O2S. The molecule has 0 saturated heterocycles. The molecule has 0 aliphatic heterocycles. The van der Waals surface area contributed by atoms with Crippen molar-refractivity contribution in [3.05, 3.63) is 27.1 Å². The number of fused-ring (bicyclic) bond motifs is 3. The first-order valence-corrected chi connectivity index (χ1v) is 7.07. The first-order chi connectivity index (χ1) is 9.78. The summed E-state index contributed by atoms with van der Waals surface area (Å²) in [7, 11) is 0. The molecule has 0 saturated carbocycles. The zero-order valence-electron chi connectivity index (χ0n) is 11.0. The Balaban J connectivity index is 2.18. The zero-order valence-corrected chi connectivity index (χ0v) is 11.8. The number of rotatable bonds is 2. The van der Waals surface area contributed by atoms with E-state index in [9.17, 15) is 23.1 Å². The van der Waals surface area contributed by atoms with Crippen molar-refractivity contribution in [3.8, 4) is 11.3 Å². The van der Waals surface area contributed by atoms with Crippen LogP contribution in [0.2, 0.25) is 0 Å². The third-order valence-corrected chi connectivity index (χ3v) is 4.64. The van der Waals surface area contributed by atoms with Crippen LogP contribution in [-0.4, -0.2) is 27.0 Å². The molecule has 112 valence electrons. The summed E-state index contributed by atoms with van der Waals surface area (Å²) >= 11 is 1.11. The molecule has 1 N–H and O–H groups in total. The Bertz CT molecular complexity index is 731. The number of aromatic nitrogens is 2. The van der Waals surface area contributed by atoms with Gasteiger partial charge in [-0.15, -0.1) is 11.3 Å². The van der Waals surface area contributed by atoms with Gasteiger partial charge in [-0.3, -0.25) is 4.68 Å². The molecule has 0 spiro atoms. The molecule has 8 heteroatoms. The van der Waals surface area contributed by atoms with Crippen LogP contribution in [-0.2, 0) is 19.4 Å². The zero-order chi connectivity index (χ0) is 15.4. The van der Waals surface area contributed by atoms with Gasteiger partial charge in [0.25, 0.3) is 0 Å². The Morgan fingerprint density at radius 1 is 1.48 bits per heavy atom. The minimum absolute atomic E-state index is 0.216. The molecule has 0 unspecified atom stereocenters. The number of hydrogen-bond acceptors (Lipinski definition) is 3. The van der Waals surface area contributed by atoms with Crippen LogP contribution in [0, 0.1) is 6.92 Å². The fourth-order valence-corrected chi connectivity index (χ4v) is 3.80. The van der Waals surface area contributed by atoms with Gasteiger partial charge in [0.15, 0.2) is 0 Å². The second kappa shape index (κ2) is 4.59. The van der Waals surface area contributed by atoms with Gasteiger partial charge >= 0.3 is 12.1 Å². The SMILES string of the molecule is Cc1sc(C(=O)O)c2c1-c1c(cnn1CC(F)(F)F)CC2. The topological polar surface area (TPSA) is 55.1 Å². The Morgan fingerprint density at radius 3 is 2.81 bits per heavy atom. The maximum atomic E-state index is 12.6. The number of aryl methyl sites for hydroxylation is 2. The number of nitrogens with zero attached hydrogens (tertiary/aromatic N) is 2. The molecule has 0 fully saturated rings. The van der Waals surface area contributed by atoms with E-state index >= 15 is 0 Å². The molecule has 1 aliphatic rings. The molecule has 4 nitrogen and oxygen atoms in total. The third kappa shape index (κ3) is 2.33. The first-order valence-electron chi connectivity index (χ1n) is 6.25. The van der Waals surface area contributed by atoms with Crippen molar-refractivity contribution < 1.29 is 23.1 Å². The quantitative estimate of drug-likeness (QED) is 0.925. The summed E-state index contributed by atoms with van der Waals surface area (Å²) in [6.45, 7) is 0.565. The summed E-state index contributed by atoms with van der Waals surface area (Å²) < 4.78 is 38.9. The van der Waals surface area contributed by atoms with Crippen molar-refractivity contribution in [3.63, 3.8) is 0 Å². The summed E-state index contributed by atoms with van der Waals surface area (Å²) in [5, 5.41) is 13.0. The second-order valence-corrected chi connectivity index (χ2v) is 6.16. The fourth-order valence-electron chi connectivity index (χ4n) is 2.76. The molecule has 2 heterocycles. The predicted molar refractivity (Wildman–Crippen MR) is 70.7 cm³/mol. The number of carbonyl (C=O) groups is 1. The van der Waals surface area contributed by atoms with Crippen LogP contribution in [0.15, 0.2) is 6.20 Å². The van der Waals surface area contributed by atoms with E-state index in [1.54, 1.807) is 6.92 Å². The van der Waals surface area contributed by atoms with Gasteiger partial charge in [-0.1, -0.05) is 0 Å². The van der Waals surface area contributed by atoms with Crippen LogP contribution in [0.3, 0.4) is 0 Å². The van der Waals surface area contributed by atoms with Crippen LogP contribution in [0.4, 0.5) is 13.2 Å². The van der Waals surface area contributed by atoms with Crippen molar-refractivity contribution >= 4 is 17.3 Å². The Morgan fingerprint density at radius 2 is 2.19 bits per heavy atom. The highest BCUT2D eigenvalue weighted by atomic mass is 32.1. The van der Waals surface area contributed by atoms with Gasteiger partial charge < -0.3 is 5.11 Å². The normalized spacial score (nSPS) is 13.9. The van der Waals surface area contributed by atoms with E-state index in [2.05, 4.69) is 5.10 Å². The van der Waals surface area contributed by atoms with Crippen LogP contribution in [0.5, 0.6) is 0 Å². The van der Waals surface area contributed by atoms with E-state index in [-0.39, 0.29) is 4.88 Å². The van der Waals surface area contributed by atoms with E-state index in [0.29, 0.717) is 34.5 Å². The molecule has 1 aliphatic carbocycles. The van der Waals surface area contributed by atoms with E-state index in [1.807, 2.05) is 0 Å². The van der Waals surface area contributed by atoms with Crippen LogP contribution in [0.25, 0.3) is 11.3 Å². The number of thiophene rings is 1. The number of aromatic carboxylic acids is 1. The highest BCUT2D eigenvalue weighted by Crippen LogP contribution is 2.42. The summed E-state index contributed by atoms with van der Waals surface area (Å²) in [5.74, 6) is -1.03. The lowest BCUT2D eigenvalue weighted by Gasteiger charge is -2.17. The van der Waals surface area contributed by atoms with Crippen molar-refractivity contribution in [2.24, 2.45) is 0 Å². The monoisotopic (exact) mass is 316 g/mol. The molecule has 2 aromatic rings. The number of alkyl halides is 3. The summed E-state index contributed by atoms with van der Waals surface area (Å²) in [4.78, 5) is 12.2. The number of carboxylic acids is 1. The van der Waals surface area contributed by atoms with E-state index in [0.717, 1.165) is 21.6 Å². The minimum atomic E-state index is -4.36. The molecule has 0 amide bonds. The smallest absolute Gasteiger partial charge is 0.408 e. The molecule has 3 rings (SSSR count). The van der Waals surface area contributed by atoms with Gasteiger partial charge in [-0.2, -0.15) is 18.3 Å². The first kappa shape index (κ1) is 14.1. The lowest BCUT2D eigenvalue weighted by molar-refractivity contribution is -0.142. The highest BCUT2D eigenvalue weighted by Gasteiger charge is 2.34. The Hall–Kier alpha value is -1.83. The Kier molecular flexibility index (Phi) is 3.09. The second-order valence-electron chi connectivity index (χ2n) is 4.94. The van der Waals surface area contributed by atoms with Crippen molar-refractivity contribution in [1.82, 2.24) is 9.78 Å². The van der Waals surface area contributed by atoms with Crippen molar-refractivity contribution in [1.29, 1.82) is 0 Å². The lowest BCUT2D eigenvalue weighted by Crippen LogP contribution is -2.20. The van der Waals surface area contributed by atoms with Gasteiger partial charge in [0, 0.05) is 10.4 Å². The largest absolute Gasteiger partial charge is 0.477 e. The lowest BCUT2D eigenvalue weighted by atomic mass is 9.90. The van der Waals surface area contributed by atoms with Gasteiger partial charge in [0.05, 0.1) is 11.9 Å². The number of carboxylic acid groups (broad SMARTS) is 1. The van der Waals surface area contributed by atoms with Gasteiger partial charge in [0.2, 0.25) is 0 Å². The third-order valence-electron chi connectivity index (χ3n) is 3.50. The highest BCUT2D eigenvalue weighted by molar-refractivity contribution is 7.14. The van der Waals surface area contributed by atoms with E-state index in [4.69, 9.17) is 0 Å². The summed E-state index contributed by atoms with van der Waals surface area (Å²) in [5.41, 5.74) is 2.39. The minimum Gasteiger partial charge on any atom is -0.477 e. The molecule has 2 aromatic heterocycles. The summed E-state index contributed by atoms with van der Waals surface area (Å²) in [6.07, 6.45) is -1.89. The summed E-state index contributed by atoms with van der Waals surface area (Å²) in [6, 6.07) is 0. The maximum absolute atomic E-state index is 12.6. The predicted octanol–water partition coefficient (Wildman–Crippen LogP) is 3.28.